The zero-order chi connectivity index (χ0) is 15.1. The van der Waals surface area contributed by atoms with E-state index >= 15 is 0 Å². The Bertz CT molecular complexity index is 488. The number of benzene rings is 1. The van der Waals surface area contributed by atoms with Crippen LogP contribution in [0.1, 0.15) is 12.0 Å². The van der Waals surface area contributed by atoms with Crippen LogP contribution in [0, 0.1) is 6.92 Å². The van der Waals surface area contributed by atoms with Crippen molar-refractivity contribution in [2.75, 3.05) is 39.5 Å². The zero-order valence-electron chi connectivity index (χ0n) is 12.3. The third kappa shape index (κ3) is 5.10. The van der Waals surface area contributed by atoms with Crippen LogP contribution in [0.25, 0.3) is 0 Å². The van der Waals surface area contributed by atoms with Gasteiger partial charge in [0, 0.05) is 31.1 Å². The van der Waals surface area contributed by atoms with E-state index in [1.807, 2.05) is 30.0 Å². The summed E-state index contributed by atoms with van der Waals surface area (Å²) in [7, 11) is 0. The number of rotatable bonds is 5. The van der Waals surface area contributed by atoms with Gasteiger partial charge in [-0.15, -0.1) is 0 Å². The van der Waals surface area contributed by atoms with Crippen LogP contribution in [0.15, 0.2) is 23.2 Å². The first-order chi connectivity index (χ1) is 10.2. The first-order valence-electron chi connectivity index (χ1n) is 7.18. The molecule has 6 heteroatoms. The predicted molar refractivity (Wildman–Crippen MR) is 85.2 cm³/mol. The smallest absolute Gasteiger partial charge is 0.191 e. The van der Waals surface area contributed by atoms with Gasteiger partial charge in [-0.05, 0) is 30.7 Å². The summed E-state index contributed by atoms with van der Waals surface area (Å²) in [5, 5.41) is 0.725. The van der Waals surface area contributed by atoms with Crippen LogP contribution < -0.4 is 10.5 Å². The first-order valence-corrected chi connectivity index (χ1v) is 7.56. The summed E-state index contributed by atoms with van der Waals surface area (Å²) in [4.78, 5) is 6.43. The average Bonchev–Trinajstić information content (AvgIpc) is 2.49. The molecule has 0 amide bonds. The number of halogens is 1. The van der Waals surface area contributed by atoms with Crippen LogP contribution in [0.3, 0.4) is 0 Å². The van der Waals surface area contributed by atoms with Gasteiger partial charge in [0.1, 0.15) is 5.75 Å². The molecule has 2 N–H and O–H groups in total. The molecule has 1 saturated heterocycles. The number of hydrogen-bond acceptors (Lipinski definition) is 3. The highest BCUT2D eigenvalue weighted by Crippen LogP contribution is 2.21. The summed E-state index contributed by atoms with van der Waals surface area (Å²) in [5.41, 5.74) is 6.99. The highest BCUT2D eigenvalue weighted by Gasteiger charge is 2.11. The molecule has 1 aromatic rings. The maximum Gasteiger partial charge on any atom is 0.191 e. The lowest BCUT2D eigenvalue weighted by Gasteiger charge is -2.27. The van der Waals surface area contributed by atoms with Gasteiger partial charge in [0.25, 0.3) is 0 Å². The first kappa shape index (κ1) is 15.9. The number of ether oxygens (including phenoxy) is 2. The quantitative estimate of drug-likeness (QED) is 0.514. The third-order valence-electron chi connectivity index (χ3n) is 3.31. The summed E-state index contributed by atoms with van der Waals surface area (Å²) in [6.07, 6.45) is 0.826. The molecule has 1 aliphatic heterocycles. The molecule has 2 rings (SSSR count). The Hall–Kier alpha value is -1.46. The Labute approximate surface area is 130 Å². The SMILES string of the molecule is Cc1cc(Cl)ccc1OCCCN=C(N)N1CCOCC1. The molecule has 1 aliphatic rings. The van der Waals surface area contributed by atoms with E-state index in [2.05, 4.69) is 4.99 Å². The summed E-state index contributed by atoms with van der Waals surface area (Å²) < 4.78 is 11.0. The standard InChI is InChI=1S/C15H22ClN3O2/c1-12-11-13(16)3-4-14(12)21-8-2-5-18-15(17)19-6-9-20-10-7-19/h3-4,11H,2,5-10H2,1H3,(H2,17,18). The van der Waals surface area contributed by atoms with Crippen molar-refractivity contribution >= 4 is 17.6 Å². The Morgan fingerprint density at radius 1 is 1.43 bits per heavy atom. The largest absolute Gasteiger partial charge is 0.493 e. The number of guanidine groups is 1. The fraction of sp³-hybridized carbons (Fsp3) is 0.533. The van der Waals surface area contributed by atoms with Gasteiger partial charge in [0.2, 0.25) is 0 Å². The van der Waals surface area contributed by atoms with E-state index in [4.69, 9.17) is 26.8 Å². The lowest BCUT2D eigenvalue weighted by molar-refractivity contribution is 0.0674. The van der Waals surface area contributed by atoms with E-state index < -0.39 is 0 Å². The highest BCUT2D eigenvalue weighted by atomic mass is 35.5. The minimum Gasteiger partial charge on any atom is -0.493 e. The molecule has 1 aromatic carbocycles. The second-order valence-corrected chi connectivity index (χ2v) is 5.39. The number of nitrogens with two attached hydrogens (primary N) is 1. The van der Waals surface area contributed by atoms with Crippen LogP contribution in [-0.2, 0) is 4.74 Å². The van der Waals surface area contributed by atoms with E-state index in [0.29, 0.717) is 19.1 Å². The van der Waals surface area contributed by atoms with Gasteiger partial charge in [-0.25, -0.2) is 0 Å². The molecule has 21 heavy (non-hydrogen) atoms. The van der Waals surface area contributed by atoms with Crippen LogP contribution in [0.2, 0.25) is 5.02 Å². The van der Waals surface area contributed by atoms with Crippen molar-refractivity contribution < 1.29 is 9.47 Å². The van der Waals surface area contributed by atoms with Crippen molar-refractivity contribution in [1.29, 1.82) is 0 Å². The fourth-order valence-electron chi connectivity index (χ4n) is 2.11. The van der Waals surface area contributed by atoms with Crippen molar-refractivity contribution in [1.82, 2.24) is 4.90 Å². The van der Waals surface area contributed by atoms with Gasteiger partial charge >= 0.3 is 0 Å². The van der Waals surface area contributed by atoms with E-state index in [0.717, 1.165) is 49.1 Å². The number of morpholine rings is 1. The Kier molecular flexibility index (Phi) is 6.14. The second-order valence-electron chi connectivity index (χ2n) is 4.95. The summed E-state index contributed by atoms with van der Waals surface area (Å²) in [6.45, 7) is 6.32. The lowest BCUT2D eigenvalue weighted by atomic mass is 10.2. The molecule has 0 radical (unpaired) electrons. The van der Waals surface area contributed by atoms with E-state index in [9.17, 15) is 0 Å². The molecule has 5 nitrogen and oxygen atoms in total. The van der Waals surface area contributed by atoms with Gasteiger partial charge < -0.3 is 20.1 Å². The monoisotopic (exact) mass is 311 g/mol. The zero-order valence-corrected chi connectivity index (χ0v) is 13.1. The number of aryl methyl sites for hydroxylation is 1. The summed E-state index contributed by atoms with van der Waals surface area (Å²) in [6, 6.07) is 5.62. The molecule has 0 atom stereocenters. The average molecular weight is 312 g/mol. The van der Waals surface area contributed by atoms with Gasteiger partial charge in [0.05, 0.1) is 19.8 Å². The highest BCUT2D eigenvalue weighted by molar-refractivity contribution is 6.30. The van der Waals surface area contributed by atoms with E-state index in [1.165, 1.54) is 0 Å². The van der Waals surface area contributed by atoms with Crippen molar-refractivity contribution in [3.05, 3.63) is 28.8 Å². The van der Waals surface area contributed by atoms with E-state index in [-0.39, 0.29) is 0 Å². The number of aliphatic imine (C=N–C) groups is 1. The number of hydrogen-bond donors (Lipinski definition) is 1. The Morgan fingerprint density at radius 3 is 2.90 bits per heavy atom. The molecule has 0 aromatic heterocycles. The molecule has 1 fully saturated rings. The molecule has 0 saturated carbocycles. The fourth-order valence-corrected chi connectivity index (χ4v) is 2.33. The van der Waals surface area contributed by atoms with Gasteiger partial charge in [-0.3, -0.25) is 4.99 Å². The molecule has 0 aliphatic carbocycles. The third-order valence-corrected chi connectivity index (χ3v) is 3.54. The van der Waals surface area contributed by atoms with Crippen molar-refractivity contribution in [3.8, 4) is 5.75 Å². The number of nitrogens with zero attached hydrogens (tertiary/aromatic N) is 2. The van der Waals surface area contributed by atoms with Gasteiger partial charge in [-0.2, -0.15) is 0 Å². The maximum absolute atomic E-state index is 5.95. The maximum atomic E-state index is 5.95. The lowest BCUT2D eigenvalue weighted by Crippen LogP contribution is -2.44. The molecule has 116 valence electrons. The second kappa shape index (κ2) is 8.10. The summed E-state index contributed by atoms with van der Waals surface area (Å²) >= 11 is 5.91. The Morgan fingerprint density at radius 2 is 2.19 bits per heavy atom. The molecule has 0 unspecified atom stereocenters. The van der Waals surface area contributed by atoms with E-state index in [1.54, 1.807) is 0 Å². The van der Waals surface area contributed by atoms with Gasteiger partial charge in [0.15, 0.2) is 5.96 Å². The Balaban J connectivity index is 1.69. The minimum absolute atomic E-state index is 0.598. The molecular weight excluding hydrogens is 290 g/mol. The van der Waals surface area contributed by atoms with Crippen LogP contribution in [-0.4, -0.2) is 50.3 Å². The van der Waals surface area contributed by atoms with Crippen molar-refractivity contribution in [3.63, 3.8) is 0 Å². The van der Waals surface area contributed by atoms with Crippen LogP contribution in [0.5, 0.6) is 5.75 Å². The predicted octanol–water partition coefficient (Wildman–Crippen LogP) is 2.06. The molecule has 1 heterocycles. The van der Waals surface area contributed by atoms with Gasteiger partial charge in [-0.1, -0.05) is 11.6 Å². The van der Waals surface area contributed by atoms with Crippen LogP contribution in [0.4, 0.5) is 0 Å². The topological polar surface area (TPSA) is 60.1 Å². The van der Waals surface area contributed by atoms with Crippen LogP contribution >= 0.6 is 11.6 Å². The minimum atomic E-state index is 0.598. The van der Waals surface area contributed by atoms with Crippen molar-refractivity contribution in [2.24, 2.45) is 10.7 Å². The van der Waals surface area contributed by atoms with Crippen molar-refractivity contribution in [2.45, 2.75) is 13.3 Å². The molecular formula is C15H22ClN3O2. The summed E-state index contributed by atoms with van der Waals surface area (Å²) in [5.74, 6) is 1.46. The normalized spacial score (nSPS) is 16.1. The molecule has 0 spiro atoms. The molecule has 0 bridgehead atoms.